The molecular weight excluding hydrogens is 833 g/mol. The largest absolute Gasteiger partial charge is 0.501 e. The van der Waals surface area contributed by atoms with E-state index in [0.29, 0.717) is 29.0 Å². The molecule has 8 heteroatoms. The summed E-state index contributed by atoms with van der Waals surface area (Å²) < 4.78 is 8.43. The normalized spacial score (nSPS) is 11.2. The van der Waals surface area contributed by atoms with E-state index in [1.165, 1.54) is 28.6 Å². The summed E-state index contributed by atoms with van der Waals surface area (Å²) >= 11 is 0. The topological polar surface area (TPSA) is 82.5 Å². The van der Waals surface area contributed by atoms with E-state index in [4.69, 9.17) is 9.40 Å². The van der Waals surface area contributed by atoms with E-state index < -0.39 is 0 Å². The summed E-state index contributed by atoms with van der Waals surface area (Å²) in [4.78, 5) is 13.8. The zero-order valence-corrected chi connectivity index (χ0v) is 32.2. The van der Waals surface area contributed by atoms with Crippen molar-refractivity contribution in [3.8, 4) is 39.5 Å². The van der Waals surface area contributed by atoms with Gasteiger partial charge in [-0.15, -0.1) is 64.3 Å². The predicted molar refractivity (Wildman–Crippen MR) is 208 cm³/mol. The number of aromatic nitrogens is 6. The van der Waals surface area contributed by atoms with Crippen LogP contribution in [0.2, 0.25) is 0 Å². The van der Waals surface area contributed by atoms with Crippen molar-refractivity contribution in [2.75, 3.05) is 0 Å². The molecule has 0 saturated carbocycles. The Balaban J connectivity index is 0.000000194. The van der Waals surface area contributed by atoms with E-state index in [1.807, 2.05) is 85.1 Å². The van der Waals surface area contributed by atoms with E-state index in [1.54, 1.807) is 0 Å². The number of hydrogen-bond acceptors (Lipinski definition) is 6. The van der Waals surface area contributed by atoms with Gasteiger partial charge in [0.2, 0.25) is 0 Å². The molecule has 4 aromatic heterocycles. The molecule has 0 bridgehead atoms. The Morgan fingerprint density at radius 1 is 0.679 bits per heavy atom. The molecule has 0 unspecified atom stereocenters. The molecular formula is C45H36IrN6O-2. The summed E-state index contributed by atoms with van der Waals surface area (Å²) in [7, 11) is 0. The Morgan fingerprint density at radius 2 is 1.43 bits per heavy atom. The van der Waals surface area contributed by atoms with E-state index in [-0.39, 0.29) is 20.1 Å². The first-order chi connectivity index (χ1) is 25.5. The smallest absolute Gasteiger partial charge is 0.197 e. The Bertz CT molecular complexity index is 2570. The molecule has 9 rings (SSSR count). The van der Waals surface area contributed by atoms with Crippen molar-refractivity contribution in [1.29, 1.82) is 0 Å². The average molecular weight is 869 g/mol. The van der Waals surface area contributed by atoms with Crippen LogP contribution in [0.3, 0.4) is 0 Å². The van der Waals surface area contributed by atoms with E-state index in [9.17, 15) is 0 Å². The van der Waals surface area contributed by atoms with E-state index in [0.717, 1.165) is 44.4 Å². The summed E-state index contributed by atoms with van der Waals surface area (Å²) in [5.74, 6) is 1.30. The summed E-state index contributed by atoms with van der Waals surface area (Å²) in [5, 5.41) is 10.7. The molecule has 0 aliphatic heterocycles. The van der Waals surface area contributed by atoms with Gasteiger partial charge in [0, 0.05) is 37.4 Å². The monoisotopic (exact) mass is 869 g/mol. The molecule has 0 aliphatic rings. The molecule has 0 fully saturated rings. The van der Waals surface area contributed by atoms with Crippen LogP contribution in [-0.4, -0.2) is 29.7 Å². The number of nitrogens with zero attached hydrogens (tertiary/aromatic N) is 6. The van der Waals surface area contributed by atoms with Gasteiger partial charge in [-0.3, -0.25) is 4.98 Å². The number of furan rings is 1. The first kappa shape index (κ1) is 35.6. The maximum Gasteiger partial charge on any atom is 0.197 e. The van der Waals surface area contributed by atoms with Crippen LogP contribution in [0.5, 0.6) is 0 Å². The van der Waals surface area contributed by atoms with E-state index in [2.05, 4.69) is 107 Å². The van der Waals surface area contributed by atoms with Crippen molar-refractivity contribution in [3.05, 3.63) is 157 Å². The van der Waals surface area contributed by atoms with Gasteiger partial charge in [-0.25, -0.2) is 4.98 Å². The van der Waals surface area contributed by atoms with Crippen LogP contribution in [-0.2, 0) is 20.1 Å². The maximum absolute atomic E-state index is 6.34. The molecule has 0 N–H and O–H groups in total. The maximum atomic E-state index is 6.34. The standard InChI is InChI=1S/C28H24N5O.C17H12N.Ir/c1-16(2)18-10-7-11-19(17(3)4)24(18)33-27(31-26-28(33)32-30-15-29-26)22-13-8-12-21-20-9-5-6-14-23(20)34-25(21)22;1-3-7-14(8-4-1)16-11-12-18-17(13-16)15-9-5-2-6-10-15;/h5-12,14-17H,1-4H3;1-9,11-13H;/q2*-1;. The van der Waals surface area contributed by atoms with Crippen molar-refractivity contribution in [3.63, 3.8) is 0 Å². The number of pyridine rings is 1. The summed E-state index contributed by atoms with van der Waals surface area (Å²) in [5.41, 5.74) is 11.4. The number of para-hydroxylation sites is 2. The number of fused-ring (bicyclic) bond motifs is 4. The van der Waals surface area contributed by atoms with Gasteiger partial charge < -0.3 is 14.0 Å². The summed E-state index contributed by atoms with van der Waals surface area (Å²) in [6.45, 7) is 8.82. The zero-order chi connectivity index (χ0) is 35.6. The van der Waals surface area contributed by atoms with Crippen LogP contribution in [0, 0.1) is 12.1 Å². The van der Waals surface area contributed by atoms with Gasteiger partial charge in [-0.05, 0) is 51.9 Å². The predicted octanol–water partition coefficient (Wildman–Crippen LogP) is 11.0. The molecule has 5 aromatic carbocycles. The first-order valence-electron chi connectivity index (χ1n) is 17.5. The van der Waals surface area contributed by atoms with Gasteiger partial charge in [0.05, 0.1) is 11.4 Å². The second-order valence-electron chi connectivity index (χ2n) is 13.2. The molecule has 9 aromatic rings. The molecule has 7 nitrogen and oxygen atoms in total. The minimum absolute atomic E-state index is 0. The first-order valence-corrected chi connectivity index (χ1v) is 17.5. The molecule has 0 saturated heterocycles. The molecule has 0 atom stereocenters. The van der Waals surface area contributed by atoms with Crippen molar-refractivity contribution in [2.24, 2.45) is 0 Å². The number of hydrogen-bond donors (Lipinski definition) is 0. The molecule has 0 aliphatic carbocycles. The van der Waals surface area contributed by atoms with Crippen LogP contribution in [0.15, 0.2) is 138 Å². The van der Waals surface area contributed by atoms with Gasteiger partial charge in [-0.1, -0.05) is 111 Å². The quantitative estimate of drug-likeness (QED) is 0.155. The summed E-state index contributed by atoms with van der Waals surface area (Å²) in [6, 6.07) is 47.5. The molecule has 0 amide bonds. The van der Waals surface area contributed by atoms with Crippen LogP contribution in [0.1, 0.15) is 50.7 Å². The third kappa shape index (κ3) is 6.91. The van der Waals surface area contributed by atoms with Crippen LogP contribution in [0.25, 0.3) is 72.7 Å². The molecule has 4 heterocycles. The number of benzene rings is 5. The third-order valence-corrected chi connectivity index (χ3v) is 9.20. The Morgan fingerprint density at radius 3 is 2.19 bits per heavy atom. The van der Waals surface area contributed by atoms with Crippen molar-refractivity contribution in [1.82, 2.24) is 29.7 Å². The minimum atomic E-state index is 0. The van der Waals surface area contributed by atoms with Crippen LogP contribution < -0.4 is 0 Å². The Labute approximate surface area is 322 Å². The molecule has 53 heavy (non-hydrogen) atoms. The van der Waals surface area contributed by atoms with E-state index >= 15 is 0 Å². The van der Waals surface area contributed by atoms with Crippen molar-refractivity contribution < 1.29 is 24.5 Å². The Hall–Kier alpha value is -5.82. The van der Waals surface area contributed by atoms with Crippen molar-refractivity contribution in [2.45, 2.75) is 39.5 Å². The van der Waals surface area contributed by atoms with Gasteiger partial charge in [0.25, 0.3) is 0 Å². The Kier molecular flexibility index (Phi) is 10.4. The van der Waals surface area contributed by atoms with Crippen LogP contribution >= 0.6 is 0 Å². The second kappa shape index (κ2) is 15.4. The second-order valence-corrected chi connectivity index (χ2v) is 13.2. The average Bonchev–Trinajstić information content (AvgIpc) is 3.77. The molecule has 0 spiro atoms. The number of imidazole rings is 1. The van der Waals surface area contributed by atoms with Gasteiger partial charge in [-0.2, -0.15) is 0 Å². The third-order valence-electron chi connectivity index (χ3n) is 9.20. The summed E-state index contributed by atoms with van der Waals surface area (Å²) in [6.07, 6.45) is 3.28. The van der Waals surface area contributed by atoms with Gasteiger partial charge >= 0.3 is 0 Å². The van der Waals surface area contributed by atoms with Gasteiger partial charge in [0.1, 0.15) is 11.9 Å². The van der Waals surface area contributed by atoms with Gasteiger partial charge in [0.15, 0.2) is 11.3 Å². The fraction of sp³-hybridized carbons (Fsp3) is 0.133. The SMILES string of the molecule is CC(C)c1cccc(C(C)C)c1-n1c(-c2[c-]ccc3c2oc2ccccc23)nc2ncnnc21.[Ir].[c-]1ccccc1-c1cc(-c2ccccc2)ccn1. The number of rotatable bonds is 6. The zero-order valence-electron chi connectivity index (χ0n) is 29.8. The minimum Gasteiger partial charge on any atom is -0.501 e. The fourth-order valence-electron chi connectivity index (χ4n) is 6.68. The van der Waals surface area contributed by atoms with Crippen LogP contribution in [0.4, 0.5) is 0 Å². The molecule has 263 valence electrons. The fourth-order valence-corrected chi connectivity index (χ4v) is 6.68. The molecule has 1 radical (unpaired) electrons. The van der Waals surface area contributed by atoms with Crippen molar-refractivity contribution >= 4 is 33.2 Å².